The summed E-state index contributed by atoms with van der Waals surface area (Å²) in [7, 11) is 0. The summed E-state index contributed by atoms with van der Waals surface area (Å²) in [6, 6.07) is 38.7. The van der Waals surface area contributed by atoms with Crippen molar-refractivity contribution in [3.8, 4) is 22.4 Å². The molecule has 0 saturated carbocycles. The average Bonchev–Trinajstić information content (AvgIpc) is 3.61. The summed E-state index contributed by atoms with van der Waals surface area (Å²) < 4.78 is 0. The molecule has 0 atom stereocenters. The number of amides is 4. The lowest BCUT2D eigenvalue weighted by Gasteiger charge is -2.23. The van der Waals surface area contributed by atoms with Gasteiger partial charge in [-0.3, -0.25) is 24.1 Å². The molecule has 9 heteroatoms. The highest BCUT2D eigenvalue weighted by Crippen LogP contribution is 2.40. The van der Waals surface area contributed by atoms with E-state index in [1.807, 2.05) is 72.8 Å². The van der Waals surface area contributed by atoms with Gasteiger partial charge in [0, 0.05) is 40.2 Å². The zero-order valence-electron chi connectivity index (χ0n) is 26.1. The van der Waals surface area contributed by atoms with Gasteiger partial charge in [0.15, 0.2) is 0 Å². The van der Waals surface area contributed by atoms with Crippen LogP contribution >= 0.6 is 11.3 Å². The number of anilines is 2. The third-order valence-electron chi connectivity index (χ3n) is 8.82. The van der Waals surface area contributed by atoms with Gasteiger partial charge in [-0.1, -0.05) is 78.9 Å². The Labute approximate surface area is 286 Å². The lowest BCUT2D eigenvalue weighted by Crippen LogP contribution is -2.32. The number of imide groups is 1. The summed E-state index contributed by atoms with van der Waals surface area (Å²) >= 11 is 1.46. The van der Waals surface area contributed by atoms with E-state index in [1.165, 1.54) is 16.2 Å². The molecular formula is C40H28N4O4S. The van der Waals surface area contributed by atoms with Gasteiger partial charge in [0.05, 0.1) is 29.1 Å². The molecule has 0 radical (unpaired) electrons. The van der Waals surface area contributed by atoms with Crippen LogP contribution in [0.1, 0.15) is 51.3 Å². The van der Waals surface area contributed by atoms with Crippen LogP contribution in [0.2, 0.25) is 0 Å². The standard InChI is InChI=1S/C40H28N4O4S/c45-37(29-13-5-4-12-28(29)25-10-2-1-3-11-25)41-27-20-18-26(19-21-27)38(46)43-23-22-34-36(32-16-8-9-17-33(32)43)42-35(49-34)24-44-39(47)30-14-6-7-15-31(30)40(44)48/h1-21H,22-24H2,(H,41,45). The van der Waals surface area contributed by atoms with E-state index in [4.69, 9.17) is 4.98 Å². The number of carbonyl (C=O) groups is 4. The molecule has 49 heavy (non-hydrogen) atoms. The number of hydrogen-bond acceptors (Lipinski definition) is 6. The number of fused-ring (bicyclic) bond motifs is 4. The van der Waals surface area contributed by atoms with Crippen LogP contribution in [-0.4, -0.2) is 40.1 Å². The van der Waals surface area contributed by atoms with E-state index in [0.717, 1.165) is 32.9 Å². The van der Waals surface area contributed by atoms with Crippen molar-refractivity contribution < 1.29 is 19.2 Å². The summed E-state index contributed by atoms with van der Waals surface area (Å²) in [4.78, 5) is 62.1. The minimum atomic E-state index is -0.314. The van der Waals surface area contributed by atoms with Gasteiger partial charge in [-0.25, -0.2) is 4.98 Å². The largest absolute Gasteiger partial charge is 0.322 e. The minimum absolute atomic E-state index is 0.0928. The minimum Gasteiger partial charge on any atom is -0.322 e. The SMILES string of the molecule is O=C(Nc1ccc(C(=O)N2CCc3sc(CN4C(=O)c5ccccc5C4=O)nc3-c3ccccc32)cc1)c1ccccc1-c1ccccc1. The van der Waals surface area contributed by atoms with Crippen LogP contribution in [0.3, 0.4) is 0 Å². The number of carbonyl (C=O) groups excluding carboxylic acids is 4. The highest BCUT2D eigenvalue weighted by atomic mass is 32.1. The molecular weight excluding hydrogens is 633 g/mol. The normalized spacial score (nSPS) is 13.4. The molecule has 1 aromatic heterocycles. The number of rotatable bonds is 6. The first-order chi connectivity index (χ1) is 24.0. The number of nitrogens with one attached hydrogen (secondary N) is 1. The third kappa shape index (κ3) is 5.50. The maximum absolute atomic E-state index is 14.0. The Morgan fingerprint density at radius 1 is 0.694 bits per heavy atom. The quantitative estimate of drug-likeness (QED) is 0.184. The predicted molar refractivity (Wildman–Crippen MR) is 190 cm³/mol. The van der Waals surface area contributed by atoms with Crippen molar-refractivity contribution in [3.05, 3.63) is 160 Å². The molecule has 0 aliphatic carbocycles. The second kappa shape index (κ2) is 12.4. The monoisotopic (exact) mass is 660 g/mol. The van der Waals surface area contributed by atoms with Gasteiger partial charge in [0.1, 0.15) is 5.01 Å². The van der Waals surface area contributed by atoms with Crippen molar-refractivity contribution >= 4 is 46.3 Å². The van der Waals surface area contributed by atoms with Gasteiger partial charge in [-0.2, -0.15) is 0 Å². The summed E-state index contributed by atoms with van der Waals surface area (Å²) in [5, 5.41) is 3.64. The fraction of sp³-hybridized carbons (Fsp3) is 0.0750. The molecule has 0 unspecified atom stereocenters. The van der Waals surface area contributed by atoms with Crippen molar-refractivity contribution in [2.24, 2.45) is 0 Å². The van der Waals surface area contributed by atoms with E-state index in [-0.39, 0.29) is 30.2 Å². The average molecular weight is 661 g/mol. The van der Waals surface area contributed by atoms with E-state index in [9.17, 15) is 19.2 Å². The second-order valence-electron chi connectivity index (χ2n) is 11.8. The molecule has 0 bridgehead atoms. The van der Waals surface area contributed by atoms with Gasteiger partial charge >= 0.3 is 0 Å². The lowest BCUT2D eigenvalue weighted by molar-refractivity contribution is 0.0641. The number of hydrogen-bond donors (Lipinski definition) is 1. The van der Waals surface area contributed by atoms with Crippen molar-refractivity contribution in [1.29, 1.82) is 0 Å². The highest BCUT2D eigenvalue weighted by molar-refractivity contribution is 7.12. The number of para-hydroxylation sites is 1. The number of nitrogens with zero attached hydrogens (tertiary/aromatic N) is 3. The maximum Gasteiger partial charge on any atom is 0.261 e. The topological polar surface area (TPSA) is 99.7 Å². The van der Waals surface area contributed by atoms with E-state index < -0.39 is 0 Å². The van der Waals surface area contributed by atoms with E-state index in [2.05, 4.69) is 5.32 Å². The number of benzene rings is 5. The molecule has 2 aliphatic heterocycles. The summed E-state index contributed by atoms with van der Waals surface area (Å²) in [5.41, 5.74) is 6.55. The van der Waals surface area contributed by atoms with Gasteiger partial charge < -0.3 is 10.2 Å². The molecule has 4 amide bonds. The molecule has 0 fully saturated rings. The zero-order chi connectivity index (χ0) is 33.5. The summed E-state index contributed by atoms with van der Waals surface area (Å²) in [6.07, 6.45) is 0.560. The molecule has 1 N–H and O–H groups in total. The molecule has 0 saturated heterocycles. The smallest absolute Gasteiger partial charge is 0.261 e. The molecule has 238 valence electrons. The molecule has 8 nitrogen and oxygen atoms in total. The fourth-order valence-corrected chi connectivity index (χ4v) is 7.48. The Kier molecular flexibility index (Phi) is 7.66. The maximum atomic E-state index is 14.0. The molecule has 3 heterocycles. The van der Waals surface area contributed by atoms with E-state index in [0.29, 0.717) is 45.9 Å². The third-order valence-corrected chi connectivity index (χ3v) is 9.92. The number of aromatic nitrogens is 1. The first kappa shape index (κ1) is 30.2. The van der Waals surface area contributed by atoms with Gasteiger partial charge in [-0.15, -0.1) is 11.3 Å². The molecule has 6 aromatic rings. The van der Waals surface area contributed by atoms with Gasteiger partial charge in [0.25, 0.3) is 23.6 Å². The second-order valence-corrected chi connectivity index (χ2v) is 13.0. The van der Waals surface area contributed by atoms with Crippen molar-refractivity contribution in [3.63, 3.8) is 0 Å². The van der Waals surface area contributed by atoms with Crippen LogP contribution in [-0.2, 0) is 13.0 Å². The Bertz CT molecular complexity index is 2250. The fourth-order valence-electron chi connectivity index (χ4n) is 6.42. The lowest BCUT2D eigenvalue weighted by atomic mass is 9.99. The molecule has 2 aliphatic rings. The van der Waals surface area contributed by atoms with Crippen LogP contribution in [0.5, 0.6) is 0 Å². The highest BCUT2D eigenvalue weighted by Gasteiger charge is 2.36. The number of thiazole rings is 1. The van der Waals surface area contributed by atoms with Crippen molar-refractivity contribution in [1.82, 2.24) is 9.88 Å². The van der Waals surface area contributed by atoms with Crippen LogP contribution in [0.15, 0.2) is 127 Å². The molecule has 5 aromatic carbocycles. The van der Waals surface area contributed by atoms with Crippen LogP contribution < -0.4 is 10.2 Å². The van der Waals surface area contributed by atoms with Gasteiger partial charge in [0.2, 0.25) is 0 Å². The van der Waals surface area contributed by atoms with Crippen molar-refractivity contribution in [2.75, 3.05) is 16.8 Å². The van der Waals surface area contributed by atoms with E-state index in [1.54, 1.807) is 59.5 Å². The van der Waals surface area contributed by atoms with Gasteiger partial charge in [-0.05, 0) is 59.7 Å². The first-order valence-corrected chi connectivity index (χ1v) is 16.7. The Morgan fingerprint density at radius 2 is 1.31 bits per heavy atom. The van der Waals surface area contributed by atoms with Crippen LogP contribution in [0, 0.1) is 0 Å². The van der Waals surface area contributed by atoms with E-state index >= 15 is 0 Å². The molecule has 8 rings (SSSR count). The zero-order valence-corrected chi connectivity index (χ0v) is 26.9. The Balaban J connectivity index is 1.00. The van der Waals surface area contributed by atoms with Crippen LogP contribution in [0.25, 0.3) is 22.4 Å². The summed E-state index contributed by atoms with van der Waals surface area (Å²) in [6.45, 7) is 0.516. The first-order valence-electron chi connectivity index (χ1n) is 15.9. The summed E-state index contributed by atoms with van der Waals surface area (Å²) in [5.74, 6) is -1.03. The Morgan fingerprint density at radius 3 is 2.02 bits per heavy atom. The predicted octanol–water partition coefficient (Wildman–Crippen LogP) is 7.73. The molecule has 0 spiro atoms. The van der Waals surface area contributed by atoms with Crippen LogP contribution in [0.4, 0.5) is 11.4 Å². The van der Waals surface area contributed by atoms with Crippen molar-refractivity contribution in [2.45, 2.75) is 13.0 Å². The Hall–Kier alpha value is -6.19.